The molecule has 2 atom stereocenters. The van der Waals surface area contributed by atoms with E-state index in [0.717, 1.165) is 11.1 Å². The van der Waals surface area contributed by atoms with Crippen LogP contribution in [0.15, 0.2) is 54.7 Å². The second kappa shape index (κ2) is 12.2. The lowest BCUT2D eigenvalue weighted by Crippen LogP contribution is -2.51. The van der Waals surface area contributed by atoms with Gasteiger partial charge in [-0.15, -0.1) is 0 Å². The Balaban J connectivity index is 0.00000380. The number of likely N-dealkylation sites (tertiary alicyclic amines) is 1. The second-order valence-corrected chi connectivity index (χ2v) is 9.59. The fourth-order valence-corrected chi connectivity index (χ4v) is 4.03. The molecule has 4 N–H and O–H groups in total. The number of hydrogen-bond acceptors (Lipinski definition) is 7. The third-order valence-corrected chi connectivity index (χ3v) is 6.02. The largest absolute Gasteiger partial charge is 0.443 e. The van der Waals surface area contributed by atoms with Crippen molar-refractivity contribution >= 4 is 17.5 Å². The minimum atomic E-state index is -1.09. The van der Waals surface area contributed by atoms with Gasteiger partial charge >= 0.3 is 6.09 Å². The highest BCUT2D eigenvalue weighted by molar-refractivity contribution is 5.85. The molecule has 10 heteroatoms. The summed E-state index contributed by atoms with van der Waals surface area (Å²) in [5.41, 5.74) is 7.41. The first-order valence-corrected chi connectivity index (χ1v) is 12.0. The fraction of sp³-hybridized carbons (Fsp3) is 0.444. The number of nitrogens with one attached hydrogen (secondary N) is 1. The quantitative estimate of drug-likeness (QED) is 0.403. The zero-order valence-electron chi connectivity index (χ0n) is 20.6. The number of aliphatic hydroxyl groups excluding tert-OH is 1. The lowest BCUT2D eigenvalue weighted by Gasteiger charge is -2.24. The summed E-state index contributed by atoms with van der Waals surface area (Å²) in [6.45, 7) is 4.52. The number of aliphatic hydroxyl groups is 1. The van der Waals surface area contributed by atoms with Gasteiger partial charge in [-0.25, -0.2) is 9.78 Å². The Bertz CT molecular complexity index is 1190. The predicted molar refractivity (Wildman–Crippen MR) is 140 cm³/mol. The number of rotatable bonds is 9. The maximum absolute atomic E-state index is 12.8. The second-order valence-electron chi connectivity index (χ2n) is 9.59. The molecule has 4 rings (SSSR count). The van der Waals surface area contributed by atoms with Gasteiger partial charge in [-0.3, -0.25) is 9.20 Å². The van der Waals surface area contributed by atoms with Crippen LogP contribution in [0.4, 0.5) is 4.79 Å². The lowest BCUT2D eigenvalue weighted by atomic mass is 10.1. The number of nitrogens with zero attached hydrogens (tertiary/aromatic N) is 3. The number of amides is 2. The number of pyridine rings is 1. The molecule has 0 unspecified atom stereocenters. The summed E-state index contributed by atoms with van der Waals surface area (Å²) in [6.07, 6.45) is 1.24. The van der Waals surface area contributed by atoms with Gasteiger partial charge in [0.1, 0.15) is 18.5 Å². The van der Waals surface area contributed by atoms with Gasteiger partial charge in [-0.2, -0.15) is 0 Å². The molecule has 0 bridgehead atoms. The summed E-state index contributed by atoms with van der Waals surface area (Å²) in [4.78, 5) is 31.3. The molecule has 0 spiro atoms. The zero-order chi connectivity index (χ0) is 25.7. The molecule has 2 amide bonds. The number of benzene rings is 1. The number of hydrogen-bond donors (Lipinski definition) is 3. The third-order valence-electron chi connectivity index (χ3n) is 6.02. The van der Waals surface area contributed by atoms with Crippen molar-refractivity contribution in [3.63, 3.8) is 0 Å². The standard InChI is InChI=1S/C26H33N5O5.CH4/c1-26(2,27)24(33)29-22(17-35-15-18-7-4-3-5-8-18)23-28-13-19-9-6-10-20(31(19)23)16-36-25(34)30-12-11-21(32)14-30;/h3-10,13,21-22,32H,11-12,14-17,27H2,1-2H3,(H,29,33);1H4/t21-,22-;/m1./s1. The van der Waals surface area contributed by atoms with Crippen molar-refractivity contribution in [3.05, 3.63) is 71.8 Å². The van der Waals surface area contributed by atoms with Crippen molar-refractivity contribution in [2.24, 2.45) is 5.73 Å². The summed E-state index contributed by atoms with van der Waals surface area (Å²) in [6, 6.07) is 14.7. The molecule has 1 aliphatic heterocycles. The van der Waals surface area contributed by atoms with Gasteiger partial charge < -0.3 is 30.5 Å². The third kappa shape index (κ3) is 7.06. The molecule has 0 radical (unpaired) electrons. The van der Waals surface area contributed by atoms with E-state index in [4.69, 9.17) is 15.2 Å². The first kappa shape index (κ1) is 28.1. The lowest BCUT2D eigenvalue weighted by molar-refractivity contribution is -0.126. The summed E-state index contributed by atoms with van der Waals surface area (Å²) >= 11 is 0. The van der Waals surface area contributed by atoms with E-state index < -0.39 is 23.8 Å². The van der Waals surface area contributed by atoms with E-state index in [1.54, 1.807) is 20.0 Å². The van der Waals surface area contributed by atoms with Crippen LogP contribution in [0.3, 0.4) is 0 Å². The van der Waals surface area contributed by atoms with E-state index in [2.05, 4.69) is 10.3 Å². The minimum Gasteiger partial charge on any atom is -0.443 e. The normalized spacial score (nSPS) is 16.3. The van der Waals surface area contributed by atoms with E-state index >= 15 is 0 Å². The Labute approximate surface area is 217 Å². The number of aromatic nitrogens is 2. The van der Waals surface area contributed by atoms with Gasteiger partial charge in [-0.05, 0) is 38.0 Å². The summed E-state index contributed by atoms with van der Waals surface area (Å²) < 4.78 is 13.3. The highest BCUT2D eigenvalue weighted by Crippen LogP contribution is 2.20. The Morgan fingerprint density at radius 3 is 2.62 bits per heavy atom. The van der Waals surface area contributed by atoms with Gasteiger partial charge in [0.15, 0.2) is 0 Å². The van der Waals surface area contributed by atoms with Crippen molar-refractivity contribution in [2.45, 2.75) is 58.6 Å². The fourth-order valence-electron chi connectivity index (χ4n) is 4.03. The predicted octanol–water partition coefficient (Wildman–Crippen LogP) is 2.79. The number of ether oxygens (including phenoxy) is 2. The van der Waals surface area contributed by atoms with Crippen LogP contribution in [-0.4, -0.2) is 62.7 Å². The smallest absolute Gasteiger partial charge is 0.410 e. The van der Waals surface area contributed by atoms with E-state index in [9.17, 15) is 14.7 Å². The van der Waals surface area contributed by atoms with Gasteiger partial charge in [0, 0.05) is 13.1 Å². The Hall–Kier alpha value is -3.47. The van der Waals surface area contributed by atoms with Crippen LogP contribution in [0.25, 0.3) is 5.52 Å². The van der Waals surface area contributed by atoms with Crippen LogP contribution >= 0.6 is 0 Å². The molecular formula is C27H37N5O5. The van der Waals surface area contributed by atoms with Crippen molar-refractivity contribution in [1.82, 2.24) is 19.6 Å². The molecular weight excluding hydrogens is 474 g/mol. The molecule has 0 saturated carbocycles. The van der Waals surface area contributed by atoms with Crippen LogP contribution in [0, 0.1) is 0 Å². The Morgan fingerprint density at radius 1 is 1.19 bits per heavy atom. The molecule has 1 aromatic carbocycles. The van der Waals surface area contributed by atoms with Crippen LogP contribution < -0.4 is 11.1 Å². The van der Waals surface area contributed by atoms with Gasteiger partial charge in [0.05, 0.1) is 42.3 Å². The zero-order valence-corrected chi connectivity index (χ0v) is 20.6. The highest BCUT2D eigenvalue weighted by atomic mass is 16.6. The number of nitrogens with two attached hydrogens (primary N) is 1. The van der Waals surface area contributed by atoms with Crippen LogP contribution in [0.2, 0.25) is 0 Å². The summed E-state index contributed by atoms with van der Waals surface area (Å²) in [7, 11) is 0. The van der Waals surface area contributed by atoms with Crippen molar-refractivity contribution in [2.75, 3.05) is 19.7 Å². The number of carbonyl (C=O) groups excluding carboxylic acids is 2. The average molecular weight is 512 g/mol. The van der Waals surface area contributed by atoms with Crippen LogP contribution in [-0.2, 0) is 27.5 Å². The van der Waals surface area contributed by atoms with Crippen LogP contribution in [0.5, 0.6) is 0 Å². The van der Waals surface area contributed by atoms with Crippen molar-refractivity contribution in [3.8, 4) is 0 Å². The monoisotopic (exact) mass is 511 g/mol. The molecule has 1 fully saturated rings. The molecule has 200 valence electrons. The van der Waals surface area contributed by atoms with Crippen molar-refractivity contribution in [1.29, 1.82) is 0 Å². The minimum absolute atomic E-state index is 0. The average Bonchev–Trinajstić information content (AvgIpc) is 3.48. The summed E-state index contributed by atoms with van der Waals surface area (Å²) in [5, 5.41) is 12.7. The number of carbonyl (C=O) groups is 2. The molecule has 0 aliphatic carbocycles. The topological polar surface area (TPSA) is 131 Å². The van der Waals surface area contributed by atoms with Gasteiger partial charge in [-0.1, -0.05) is 43.8 Å². The van der Waals surface area contributed by atoms with Gasteiger partial charge in [0.25, 0.3) is 0 Å². The van der Waals surface area contributed by atoms with E-state index in [1.165, 1.54) is 4.90 Å². The maximum atomic E-state index is 12.8. The SMILES string of the molecule is C.CC(C)(N)C(=O)N[C@H](COCc1ccccc1)c1ncc2cccc(COC(=O)N3CC[C@@H](O)C3)n12. The molecule has 3 heterocycles. The highest BCUT2D eigenvalue weighted by Gasteiger charge is 2.29. The molecule has 2 aromatic heterocycles. The molecule has 10 nitrogen and oxygen atoms in total. The Kier molecular flexibility index (Phi) is 9.25. The first-order valence-electron chi connectivity index (χ1n) is 12.0. The maximum Gasteiger partial charge on any atom is 0.410 e. The first-order chi connectivity index (χ1) is 17.2. The number of fused-ring (bicyclic) bond motifs is 1. The van der Waals surface area contributed by atoms with Crippen LogP contribution in [0.1, 0.15) is 50.8 Å². The molecule has 37 heavy (non-hydrogen) atoms. The molecule has 3 aromatic rings. The molecule has 1 aliphatic rings. The van der Waals surface area contributed by atoms with Crippen molar-refractivity contribution < 1.29 is 24.2 Å². The number of β-amino-alcohol motifs (C(OH)–C–C–N with tert-alkyl or cyclic N) is 1. The van der Waals surface area contributed by atoms with E-state index in [0.29, 0.717) is 31.1 Å². The van der Waals surface area contributed by atoms with Gasteiger partial charge in [0.2, 0.25) is 5.91 Å². The summed E-state index contributed by atoms with van der Waals surface area (Å²) in [5.74, 6) is 0.197. The molecule has 1 saturated heterocycles. The van der Waals surface area contributed by atoms with E-state index in [1.807, 2.05) is 52.9 Å². The Morgan fingerprint density at radius 2 is 1.95 bits per heavy atom. The number of imidazole rings is 1. The van der Waals surface area contributed by atoms with E-state index in [-0.39, 0.29) is 33.1 Å².